The Kier molecular flexibility index (Phi) is 4.71. The van der Waals surface area contributed by atoms with Gasteiger partial charge in [-0.15, -0.1) is 0 Å². The van der Waals surface area contributed by atoms with Crippen LogP contribution in [0.2, 0.25) is 0 Å². The zero-order chi connectivity index (χ0) is 19.9. The summed E-state index contributed by atoms with van der Waals surface area (Å²) in [7, 11) is 2.13. The lowest BCUT2D eigenvalue weighted by atomic mass is 9.88. The molecule has 0 aliphatic heterocycles. The first kappa shape index (κ1) is 18.7. The second-order valence-electron chi connectivity index (χ2n) is 8.67. The number of aryl methyl sites for hydroxylation is 3. The summed E-state index contributed by atoms with van der Waals surface area (Å²) in [5.74, 6) is 0. The van der Waals surface area contributed by atoms with Gasteiger partial charge in [-0.1, -0.05) is 23.8 Å². The maximum atomic E-state index is 7.72. The van der Waals surface area contributed by atoms with Crippen molar-refractivity contribution in [2.75, 3.05) is 0 Å². The first-order valence-electron chi connectivity index (χ1n) is 10.3. The van der Waals surface area contributed by atoms with Crippen LogP contribution in [0, 0.1) is 27.3 Å². The number of nitrogens with zero attached hydrogens (tertiary/aromatic N) is 2. The molecule has 2 aromatic carbocycles. The van der Waals surface area contributed by atoms with Gasteiger partial charge in [-0.05, 0) is 67.8 Å². The maximum absolute atomic E-state index is 7.72. The highest BCUT2D eigenvalue weighted by molar-refractivity contribution is 5.94. The van der Waals surface area contributed by atoms with E-state index in [1.165, 1.54) is 57.1 Å². The summed E-state index contributed by atoms with van der Waals surface area (Å²) >= 11 is 0. The Morgan fingerprint density at radius 1 is 1.04 bits per heavy atom. The van der Waals surface area contributed by atoms with Crippen molar-refractivity contribution >= 4 is 10.8 Å². The van der Waals surface area contributed by atoms with Crippen LogP contribution in [0.5, 0.6) is 0 Å². The molecular weight excluding hydrogens is 340 g/mol. The molecule has 2 heteroatoms. The number of fused-ring (bicyclic) bond motifs is 1. The van der Waals surface area contributed by atoms with E-state index >= 15 is 0 Å². The molecule has 1 aromatic heterocycles. The Bertz CT molecular complexity index is 1100. The van der Waals surface area contributed by atoms with Crippen LogP contribution in [0.4, 0.5) is 0 Å². The summed E-state index contributed by atoms with van der Waals surface area (Å²) in [6.07, 6.45) is 7.53. The van der Waals surface area contributed by atoms with Gasteiger partial charge < -0.3 is 4.85 Å². The standard InChI is InChI=1S/C26H29N2/c1-18-14-19(2)20(3)24(15-18)25-23-9-8-21(16-22(23)10-13-28(25)5)17-26(27-4)11-6-7-12-26/h8-10,13-16H,6-7,11-12,17H2,1-3,5H3/q+1. The molecule has 1 saturated carbocycles. The van der Waals surface area contributed by atoms with Crippen molar-refractivity contribution in [1.82, 2.24) is 0 Å². The minimum absolute atomic E-state index is 0.166. The van der Waals surface area contributed by atoms with Crippen molar-refractivity contribution in [3.63, 3.8) is 0 Å². The first-order valence-corrected chi connectivity index (χ1v) is 10.3. The van der Waals surface area contributed by atoms with Crippen LogP contribution in [0.25, 0.3) is 26.9 Å². The summed E-state index contributed by atoms with van der Waals surface area (Å²) in [4.78, 5) is 4.05. The summed E-state index contributed by atoms with van der Waals surface area (Å²) in [6, 6.07) is 13.6. The zero-order valence-electron chi connectivity index (χ0n) is 17.5. The molecule has 2 nitrogen and oxygen atoms in total. The van der Waals surface area contributed by atoms with Gasteiger partial charge in [0.1, 0.15) is 7.05 Å². The smallest absolute Gasteiger partial charge is 0.236 e. The van der Waals surface area contributed by atoms with Crippen LogP contribution in [0.3, 0.4) is 0 Å². The SMILES string of the molecule is [C-]#[N+]C1(Cc2ccc3c(-c4cc(C)cc(C)c4C)[n+](C)ccc3c2)CCCC1. The lowest BCUT2D eigenvalue weighted by Crippen LogP contribution is -2.31. The predicted molar refractivity (Wildman–Crippen MR) is 116 cm³/mol. The van der Waals surface area contributed by atoms with Gasteiger partial charge in [0.2, 0.25) is 11.2 Å². The molecule has 0 unspecified atom stereocenters. The molecule has 3 aromatic rings. The minimum Gasteiger partial charge on any atom is -0.310 e. The number of rotatable bonds is 3. The van der Waals surface area contributed by atoms with Gasteiger partial charge in [-0.2, -0.15) is 0 Å². The molecule has 1 heterocycles. The maximum Gasteiger partial charge on any atom is 0.236 e. The molecule has 4 rings (SSSR count). The van der Waals surface area contributed by atoms with Gasteiger partial charge in [0.15, 0.2) is 6.20 Å². The fourth-order valence-corrected chi connectivity index (χ4v) is 4.89. The lowest BCUT2D eigenvalue weighted by Gasteiger charge is -2.16. The van der Waals surface area contributed by atoms with Crippen LogP contribution in [-0.2, 0) is 13.5 Å². The minimum atomic E-state index is -0.166. The molecule has 0 atom stereocenters. The van der Waals surface area contributed by atoms with E-state index in [1.54, 1.807) is 0 Å². The zero-order valence-corrected chi connectivity index (χ0v) is 17.5. The van der Waals surface area contributed by atoms with Crippen molar-refractivity contribution in [1.29, 1.82) is 0 Å². The van der Waals surface area contributed by atoms with Crippen molar-refractivity contribution in [3.8, 4) is 11.3 Å². The Balaban J connectivity index is 1.84. The van der Waals surface area contributed by atoms with E-state index in [4.69, 9.17) is 6.57 Å². The molecule has 0 radical (unpaired) electrons. The number of hydrogen-bond donors (Lipinski definition) is 0. The van der Waals surface area contributed by atoms with E-state index < -0.39 is 0 Å². The molecule has 0 amide bonds. The topological polar surface area (TPSA) is 8.24 Å². The number of pyridine rings is 1. The van der Waals surface area contributed by atoms with E-state index in [0.29, 0.717) is 0 Å². The molecule has 0 N–H and O–H groups in total. The quantitative estimate of drug-likeness (QED) is 0.393. The first-order chi connectivity index (χ1) is 13.4. The van der Waals surface area contributed by atoms with Gasteiger partial charge in [0, 0.05) is 18.9 Å². The Morgan fingerprint density at radius 2 is 1.79 bits per heavy atom. The molecule has 142 valence electrons. The highest BCUT2D eigenvalue weighted by atomic mass is 14.9. The van der Waals surface area contributed by atoms with Gasteiger partial charge in [0.25, 0.3) is 0 Å². The summed E-state index contributed by atoms with van der Waals surface area (Å²) in [5, 5.41) is 2.55. The van der Waals surface area contributed by atoms with E-state index in [9.17, 15) is 0 Å². The fourth-order valence-electron chi connectivity index (χ4n) is 4.89. The van der Waals surface area contributed by atoms with Crippen molar-refractivity contribution in [2.45, 2.75) is 58.4 Å². The van der Waals surface area contributed by atoms with Gasteiger partial charge >= 0.3 is 0 Å². The van der Waals surface area contributed by atoms with Crippen molar-refractivity contribution < 1.29 is 4.57 Å². The third kappa shape index (κ3) is 3.20. The second kappa shape index (κ2) is 7.06. The van der Waals surface area contributed by atoms with Crippen LogP contribution in [0.1, 0.15) is 47.9 Å². The summed E-state index contributed by atoms with van der Waals surface area (Å²) in [6.45, 7) is 14.3. The van der Waals surface area contributed by atoms with Crippen molar-refractivity contribution in [2.24, 2.45) is 7.05 Å². The molecule has 1 aliphatic rings. The summed E-state index contributed by atoms with van der Waals surface area (Å²) < 4.78 is 2.24. The number of hydrogen-bond acceptors (Lipinski definition) is 0. The highest BCUT2D eigenvalue weighted by Crippen LogP contribution is 2.37. The largest absolute Gasteiger partial charge is 0.310 e. The third-order valence-corrected chi connectivity index (χ3v) is 6.57. The van der Waals surface area contributed by atoms with E-state index in [2.05, 4.69) is 79.8 Å². The molecule has 1 aliphatic carbocycles. The predicted octanol–water partition coefficient (Wildman–Crippen LogP) is 6.03. The summed E-state index contributed by atoms with van der Waals surface area (Å²) in [5.41, 5.74) is 7.69. The van der Waals surface area contributed by atoms with E-state index in [0.717, 1.165) is 19.3 Å². The average Bonchev–Trinajstić information content (AvgIpc) is 3.14. The molecule has 28 heavy (non-hydrogen) atoms. The van der Waals surface area contributed by atoms with Crippen LogP contribution >= 0.6 is 0 Å². The number of aromatic nitrogens is 1. The molecular formula is C26H29N2+. The Hall–Kier alpha value is -2.66. The van der Waals surface area contributed by atoms with Crippen LogP contribution < -0.4 is 4.57 Å². The van der Waals surface area contributed by atoms with Crippen LogP contribution in [-0.4, -0.2) is 5.54 Å². The van der Waals surface area contributed by atoms with Crippen LogP contribution in [0.15, 0.2) is 42.6 Å². The average molecular weight is 370 g/mol. The van der Waals surface area contributed by atoms with Gasteiger partial charge in [-0.25, -0.2) is 11.1 Å². The van der Waals surface area contributed by atoms with Gasteiger partial charge in [0.05, 0.1) is 17.4 Å². The molecule has 0 bridgehead atoms. The number of benzene rings is 2. The fraction of sp³-hybridized carbons (Fsp3) is 0.385. The van der Waals surface area contributed by atoms with Gasteiger partial charge in [-0.3, -0.25) is 0 Å². The normalized spacial score (nSPS) is 15.7. The molecule has 0 saturated heterocycles. The highest BCUT2D eigenvalue weighted by Gasteiger charge is 2.40. The Morgan fingerprint density at radius 3 is 2.50 bits per heavy atom. The van der Waals surface area contributed by atoms with Crippen molar-refractivity contribution in [3.05, 3.63) is 76.3 Å². The third-order valence-electron chi connectivity index (χ3n) is 6.57. The Labute approximate surface area is 168 Å². The molecule has 1 fully saturated rings. The monoisotopic (exact) mass is 369 g/mol. The lowest BCUT2D eigenvalue weighted by molar-refractivity contribution is -0.659. The van der Waals surface area contributed by atoms with E-state index in [-0.39, 0.29) is 5.54 Å². The molecule has 0 spiro atoms. The second-order valence-corrected chi connectivity index (χ2v) is 8.67. The van der Waals surface area contributed by atoms with E-state index in [1.807, 2.05) is 0 Å².